The van der Waals surface area contributed by atoms with E-state index < -0.39 is 26.6 Å². The van der Waals surface area contributed by atoms with Gasteiger partial charge in [-0.25, -0.2) is 0 Å². The smallest absolute Gasteiger partial charge is 0.268 e. The lowest BCUT2D eigenvalue weighted by Crippen LogP contribution is -2.45. The molecule has 0 saturated carbocycles. The number of allylic oxidation sites excluding steroid dienone is 25. The van der Waals surface area contributed by atoms with Crippen molar-refractivity contribution in [3.05, 3.63) is 158 Å². The van der Waals surface area contributed by atoms with Crippen molar-refractivity contribution in [2.45, 2.75) is 225 Å². The molecule has 77 heavy (non-hydrogen) atoms. The van der Waals surface area contributed by atoms with E-state index in [2.05, 4.69) is 165 Å². The molecule has 436 valence electrons. The van der Waals surface area contributed by atoms with Crippen molar-refractivity contribution >= 4 is 13.7 Å². The van der Waals surface area contributed by atoms with Gasteiger partial charge in [-0.3, -0.25) is 9.36 Å². The van der Waals surface area contributed by atoms with E-state index in [1.165, 1.54) is 77.0 Å². The number of hydrogen-bond acceptors (Lipinski definition) is 6. The van der Waals surface area contributed by atoms with Gasteiger partial charge in [-0.15, -0.1) is 0 Å². The molecule has 0 heterocycles. The van der Waals surface area contributed by atoms with Gasteiger partial charge in [0.25, 0.3) is 7.82 Å². The van der Waals surface area contributed by atoms with E-state index in [4.69, 9.17) is 9.05 Å². The average molecular weight is 1090 g/mol. The molecule has 3 atom stereocenters. The zero-order valence-electron chi connectivity index (χ0n) is 49.6. The maximum Gasteiger partial charge on any atom is 0.268 e. The van der Waals surface area contributed by atoms with Crippen molar-refractivity contribution in [1.82, 2.24) is 5.32 Å². The number of nitrogens with zero attached hydrogens (tertiary/aromatic N) is 1. The van der Waals surface area contributed by atoms with Crippen LogP contribution >= 0.6 is 7.82 Å². The third-order valence-electron chi connectivity index (χ3n) is 12.5. The summed E-state index contributed by atoms with van der Waals surface area (Å²) in [4.78, 5) is 25.5. The van der Waals surface area contributed by atoms with Crippen molar-refractivity contribution < 1.29 is 32.9 Å². The standard InChI is InChI=1S/C68H113N2O6P/c1-6-8-10-12-14-16-18-20-22-24-26-27-28-29-30-31-32-33-34-35-36-37-38-39-40-41-42-43-44-46-48-50-52-54-56-58-60-62-68(72)69-66(65-76-77(73,74)75-64-63-70(3,4)5)67(71)61-59-57-55-53-51-49-47-45-25-23-21-19-17-15-13-11-9-7-2/h8,10,14,16,20,22,26-27,29-30,32-33,35-36,38-39,41-42,44,46,50-53,59,61,66-67,71H,6-7,9,11-13,15,17-19,21,23-25,28,31,34,37,40,43,45,47-49,54-58,60,62-65H2,1-5H3,(H-,69,72,73,74)/b10-8-,16-14-,22-20-,27-26-,30-29-,33-32-,36-35-,39-38-,42-41-,46-44-,52-50-,53-51+,61-59+. The molecule has 2 N–H and O–H groups in total. The number of unbranched alkanes of at least 4 members (excludes halogenated alkanes) is 16. The van der Waals surface area contributed by atoms with Crippen LogP contribution in [0, 0.1) is 0 Å². The molecule has 8 nitrogen and oxygen atoms in total. The molecule has 3 unspecified atom stereocenters. The minimum atomic E-state index is -4.63. The van der Waals surface area contributed by atoms with Gasteiger partial charge in [0.1, 0.15) is 13.2 Å². The zero-order valence-corrected chi connectivity index (χ0v) is 50.5. The van der Waals surface area contributed by atoms with Crippen LogP contribution in [0.15, 0.2) is 158 Å². The van der Waals surface area contributed by atoms with Crippen LogP contribution < -0.4 is 10.2 Å². The molecule has 0 saturated heterocycles. The van der Waals surface area contributed by atoms with Gasteiger partial charge in [-0.05, 0) is 116 Å². The summed E-state index contributed by atoms with van der Waals surface area (Å²) in [6.45, 7) is 4.47. The first-order valence-electron chi connectivity index (χ1n) is 30.3. The van der Waals surface area contributed by atoms with Gasteiger partial charge in [-0.1, -0.05) is 249 Å². The lowest BCUT2D eigenvalue weighted by molar-refractivity contribution is -0.870. The molecule has 0 aromatic heterocycles. The fourth-order valence-corrected chi connectivity index (χ4v) is 8.48. The highest BCUT2D eigenvalue weighted by molar-refractivity contribution is 7.45. The topological polar surface area (TPSA) is 108 Å². The summed E-state index contributed by atoms with van der Waals surface area (Å²) in [6, 6.07) is -0.934. The zero-order chi connectivity index (χ0) is 56.3. The number of aliphatic hydroxyl groups is 1. The van der Waals surface area contributed by atoms with E-state index in [-0.39, 0.29) is 18.9 Å². The molecule has 0 aromatic rings. The van der Waals surface area contributed by atoms with E-state index in [1.54, 1.807) is 6.08 Å². The Hall–Kier alpha value is -3.88. The van der Waals surface area contributed by atoms with E-state index >= 15 is 0 Å². The quantitative estimate of drug-likeness (QED) is 0.0272. The third-order valence-corrected chi connectivity index (χ3v) is 13.4. The van der Waals surface area contributed by atoms with Crippen LogP contribution in [0.3, 0.4) is 0 Å². The van der Waals surface area contributed by atoms with Gasteiger partial charge in [0.2, 0.25) is 5.91 Å². The third kappa shape index (κ3) is 59.6. The van der Waals surface area contributed by atoms with Crippen molar-refractivity contribution in [1.29, 1.82) is 0 Å². The fourth-order valence-electron chi connectivity index (χ4n) is 7.76. The molecule has 0 fully saturated rings. The van der Waals surface area contributed by atoms with E-state index in [0.717, 1.165) is 109 Å². The van der Waals surface area contributed by atoms with Crippen molar-refractivity contribution in [3.8, 4) is 0 Å². The van der Waals surface area contributed by atoms with Crippen LogP contribution in [0.4, 0.5) is 0 Å². The van der Waals surface area contributed by atoms with Gasteiger partial charge < -0.3 is 28.8 Å². The van der Waals surface area contributed by atoms with Crippen LogP contribution in [-0.4, -0.2) is 68.5 Å². The van der Waals surface area contributed by atoms with E-state index in [9.17, 15) is 19.4 Å². The lowest BCUT2D eigenvalue weighted by atomic mass is 10.0. The second-order valence-electron chi connectivity index (χ2n) is 21.0. The summed E-state index contributed by atoms with van der Waals surface area (Å²) in [5.74, 6) is -0.246. The number of phosphoric ester groups is 1. The van der Waals surface area contributed by atoms with E-state index in [1.807, 2.05) is 27.2 Å². The average Bonchev–Trinajstić information content (AvgIpc) is 3.39. The largest absolute Gasteiger partial charge is 0.756 e. The summed E-state index contributed by atoms with van der Waals surface area (Å²) in [6.07, 6.45) is 89.0. The molecular weight excluding hydrogens is 972 g/mol. The molecule has 0 aliphatic rings. The number of carbonyl (C=O) groups excluding carboxylic acids is 1. The SMILES string of the molecule is CC/C=C\C/C=C\C/C=C\C/C=C\C/C=C\C/C=C\C/C=C\C/C=C\C/C=C\C/C=C\C/C=C\CCCCCC(=O)NC(COP(=O)([O-])OCC[N+](C)(C)C)C(O)/C=C/CC/C=C/CCCCCCCCCCCCCC. The van der Waals surface area contributed by atoms with Crippen LogP contribution in [0.25, 0.3) is 0 Å². The first-order valence-corrected chi connectivity index (χ1v) is 31.8. The maximum absolute atomic E-state index is 13.0. The molecule has 0 radical (unpaired) electrons. The Kier molecular flexibility index (Phi) is 54.0. The van der Waals surface area contributed by atoms with Crippen LogP contribution in [0.2, 0.25) is 0 Å². The van der Waals surface area contributed by atoms with Crippen LogP contribution in [0.1, 0.15) is 213 Å². The summed E-state index contributed by atoms with van der Waals surface area (Å²) in [7, 11) is 1.20. The second kappa shape index (κ2) is 56.8. The Labute approximate surface area is 473 Å². The maximum atomic E-state index is 13.0. The fraction of sp³-hybridized carbons (Fsp3) is 0.603. The highest BCUT2D eigenvalue weighted by Gasteiger charge is 2.23. The molecule has 0 aromatic carbocycles. The first-order chi connectivity index (χ1) is 37.5. The minimum Gasteiger partial charge on any atom is -0.756 e. The Morgan fingerprint density at radius 1 is 0.468 bits per heavy atom. The van der Waals surface area contributed by atoms with Crippen molar-refractivity contribution in [3.63, 3.8) is 0 Å². The molecule has 0 aliphatic heterocycles. The monoisotopic (exact) mass is 1080 g/mol. The Balaban J connectivity index is 4.32. The van der Waals surface area contributed by atoms with Gasteiger partial charge in [0, 0.05) is 6.42 Å². The van der Waals surface area contributed by atoms with E-state index in [0.29, 0.717) is 17.4 Å². The number of likely N-dealkylation sites (N-methyl/N-ethyl adjacent to an activating group) is 1. The highest BCUT2D eigenvalue weighted by atomic mass is 31.2. The molecule has 0 aliphatic carbocycles. The number of carbonyl (C=O) groups is 1. The Morgan fingerprint density at radius 3 is 1.21 bits per heavy atom. The summed E-state index contributed by atoms with van der Waals surface area (Å²) < 4.78 is 23.3. The minimum absolute atomic E-state index is 0.0219. The number of nitrogens with one attached hydrogen (secondary N) is 1. The number of phosphoric acid groups is 1. The molecule has 0 bridgehead atoms. The van der Waals surface area contributed by atoms with Gasteiger partial charge >= 0.3 is 0 Å². The number of aliphatic hydroxyl groups excluding tert-OH is 1. The highest BCUT2D eigenvalue weighted by Crippen LogP contribution is 2.38. The summed E-state index contributed by atoms with van der Waals surface area (Å²) >= 11 is 0. The van der Waals surface area contributed by atoms with Crippen molar-refractivity contribution in [2.75, 3.05) is 40.9 Å². The lowest BCUT2D eigenvalue weighted by Gasteiger charge is -2.29. The van der Waals surface area contributed by atoms with Crippen molar-refractivity contribution in [2.24, 2.45) is 0 Å². The molecule has 9 heteroatoms. The second-order valence-corrected chi connectivity index (χ2v) is 22.4. The van der Waals surface area contributed by atoms with Crippen LogP contribution in [-0.2, 0) is 18.4 Å². The Morgan fingerprint density at radius 2 is 0.805 bits per heavy atom. The number of rotatable bonds is 53. The Bertz CT molecular complexity index is 1810. The molecule has 0 spiro atoms. The number of quaternary nitrogens is 1. The number of amides is 1. The summed E-state index contributed by atoms with van der Waals surface area (Å²) in [5, 5.41) is 13.8. The van der Waals surface area contributed by atoms with Gasteiger partial charge in [-0.2, -0.15) is 0 Å². The number of hydrogen-bond donors (Lipinski definition) is 2. The van der Waals surface area contributed by atoms with Gasteiger partial charge in [0.15, 0.2) is 0 Å². The summed E-state index contributed by atoms with van der Waals surface area (Å²) in [5.41, 5.74) is 0. The normalized spacial score (nSPS) is 14.9. The molecular formula is C68H113N2O6P. The van der Waals surface area contributed by atoms with Gasteiger partial charge in [0.05, 0.1) is 39.9 Å². The van der Waals surface area contributed by atoms with Crippen LogP contribution in [0.5, 0.6) is 0 Å². The first kappa shape index (κ1) is 73.1. The molecule has 0 rings (SSSR count). The molecule has 1 amide bonds. The predicted octanol–water partition coefficient (Wildman–Crippen LogP) is 18.4. The predicted molar refractivity (Wildman–Crippen MR) is 334 cm³/mol.